The van der Waals surface area contributed by atoms with Crippen LogP contribution in [0.5, 0.6) is 5.75 Å². The van der Waals surface area contributed by atoms with Gasteiger partial charge < -0.3 is 14.6 Å². The summed E-state index contributed by atoms with van der Waals surface area (Å²) in [5.41, 5.74) is 2.02. The van der Waals surface area contributed by atoms with Crippen molar-refractivity contribution in [3.8, 4) is 5.75 Å². The molecule has 1 amide bonds. The van der Waals surface area contributed by atoms with Gasteiger partial charge in [0.2, 0.25) is 0 Å². The molecule has 1 aliphatic heterocycles. The lowest BCUT2D eigenvalue weighted by atomic mass is 9.95. The second kappa shape index (κ2) is 10.2. The molecule has 36 heavy (non-hydrogen) atoms. The molecule has 1 N–H and O–H groups in total. The molecule has 1 aliphatic rings. The topological polar surface area (TPSA) is 106 Å². The molecule has 1 atom stereocenters. The Morgan fingerprint density at radius 2 is 1.92 bits per heavy atom. The molecule has 0 spiro atoms. The number of Topliss-reactive ketones (excluding diaryl/α,β-unsaturated/α-hetero) is 1. The highest BCUT2D eigenvalue weighted by Crippen LogP contribution is 2.44. The predicted octanol–water partition coefficient (Wildman–Crippen LogP) is 4.74. The highest BCUT2D eigenvalue weighted by atomic mass is 32.1. The van der Waals surface area contributed by atoms with Crippen molar-refractivity contribution < 1.29 is 29.0 Å². The molecule has 2 heterocycles. The molecule has 2 aromatic carbocycles. The minimum atomic E-state index is -0.948. The molecule has 0 radical (unpaired) electrons. The molecule has 184 valence electrons. The van der Waals surface area contributed by atoms with Crippen molar-refractivity contribution in [3.05, 3.63) is 94.0 Å². The number of hydrogen-bond acceptors (Lipinski definition) is 8. The third-order valence-corrected chi connectivity index (χ3v) is 6.87. The monoisotopic (exact) mass is 504 g/mol. The number of aromatic nitrogens is 1. The summed E-state index contributed by atoms with van der Waals surface area (Å²) in [5, 5.41) is 11.4. The predicted molar refractivity (Wildman–Crippen MR) is 136 cm³/mol. The quantitative estimate of drug-likeness (QED) is 0.163. The molecule has 0 aliphatic carbocycles. The van der Waals surface area contributed by atoms with E-state index in [4.69, 9.17) is 9.47 Å². The number of aliphatic hydroxyl groups excluding tert-OH is 1. The van der Waals surface area contributed by atoms with E-state index < -0.39 is 23.7 Å². The lowest BCUT2D eigenvalue weighted by Gasteiger charge is -2.23. The van der Waals surface area contributed by atoms with Crippen LogP contribution in [0.1, 0.15) is 38.1 Å². The number of ketones is 1. The zero-order valence-corrected chi connectivity index (χ0v) is 20.8. The Labute approximate surface area is 212 Å². The van der Waals surface area contributed by atoms with Gasteiger partial charge in [0.25, 0.3) is 5.78 Å². The second-order valence-electron chi connectivity index (χ2n) is 8.06. The van der Waals surface area contributed by atoms with E-state index in [9.17, 15) is 19.5 Å². The number of rotatable bonds is 7. The maximum absolute atomic E-state index is 13.3. The molecular formula is C27H24N2O6S. The van der Waals surface area contributed by atoms with Gasteiger partial charge in [-0.05, 0) is 43.2 Å². The van der Waals surface area contributed by atoms with Crippen molar-refractivity contribution in [3.63, 3.8) is 0 Å². The van der Waals surface area contributed by atoms with Crippen LogP contribution in [-0.4, -0.2) is 41.5 Å². The van der Waals surface area contributed by atoms with E-state index in [0.29, 0.717) is 22.6 Å². The first-order valence-corrected chi connectivity index (χ1v) is 11.9. The summed E-state index contributed by atoms with van der Waals surface area (Å²) in [4.78, 5) is 44.9. The number of aryl methyl sites for hydroxylation is 2. The Kier molecular flexibility index (Phi) is 7.03. The Hall–Kier alpha value is -4.24. The average Bonchev–Trinajstić information content (AvgIpc) is 3.39. The standard InChI is InChI=1S/C27H24N2O6S/c1-5-13-35-26(33)24-16(3)28-27(36-24)29-21(17-9-7-6-8-10-17)20(23(31)25(29)32)22(30)18-11-12-19(34-4)15(2)14-18/h5-12,14,21,30H,1,13H2,2-4H3/t21-/m0/s1. The summed E-state index contributed by atoms with van der Waals surface area (Å²) in [5.74, 6) is -1.98. The van der Waals surface area contributed by atoms with Crippen LogP contribution >= 0.6 is 11.3 Å². The third-order valence-electron chi connectivity index (χ3n) is 5.74. The average molecular weight is 505 g/mol. The van der Waals surface area contributed by atoms with Gasteiger partial charge in [0.05, 0.1) is 24.4 Å². The van der Waals surface area contributed by atoms with Gasteiger partial charge in [-0.15, -0.1) is 0 Å². The number of thiazole rings is 1. The maximum atomic E-state index is 13.3. The molecule has 0 unspecified atom stereocenters. The lowest BCUT2D eigenvalue weighted by Crippen LogP contribution is -2.29. The molecule has 1 aromatic heterocycles. The van der Waals surface area contributed by atoms with Crippen molar-refractivity contribution in [2.45, 2.75) is 19.9 Å². The summed E-state index contributed by atoms with van der Waals surface area (Å²) in [6.45, 7) is 6.99. The molecule has 9 heteroatoms. The Morgan fingerprint density at radius 3 is 2.56 bits per heavy atom. The van der Waals surface area contributed by atoms with Crippen molar-refractivity contribution in [1.82, 2.24) is 4.98 Å². The van der Waals surface area contributed by atoms with Crippen molar-refractivity contribution in [1.29, 1.82) is 0 Å². The number of esters is 1. The Morgan fingerprint density at radius 1 is 1.19 bits per heavy atom. The minimum absolute atomic E-state index is 0.0291. The van der Waals surface area contributed by atoms with Gasteiger partial charge in [-0.3, -0.25) is 14.5 Å². The summed E-state index contributed by atoms with van der Waals surface area (Å²) >= 11 is 0.949. The van der Waals surface area contributed by atoms with E-state index in [1.165, 1.54) is 11.0 Å². The van der Waals surface area contributed by atoms with E-state index in [-0.39, 0.29) is 27.9 Å². The zero-order valence-electron chi connectivity index (χ0n) is 20.0. The largest absolute Gasteiger partial charge is 0.507 e. The highest BCUT2D eigenvalue weighted by Gasteiger charge is 2.48. The van der Waals surface area contributed by atoms with Crippen LogP contribution in [0.4, 0.5) is 5.13 Å². The number of carbonyl (C=O) groups is 3. The van der Waals surface area contributed by atoms with Gasteiger partial charge >= 0.3 is 11.9 Å². The summed E-state index contributed by atoms with van der Waals surface area (Å²) in [6.07, 6.45) is 1.45. The van der Waals surface area contributed by atoms with Gasteiger partial charge in [-0.2, -0.15) is 0 Å². The van der Waals surface area contributed by atoms with Gasteiger partial charge in [0, 0.05) is 5.56 Å². The second-order valence-corrected chi connectivity index (χ2v) is 9.04. The fourth-order valence-corrected chi connectivity index (χ4v) is 5.02. The fraction of sp³-hybridized carbons (Fsp3) is 0.185. The number of amides is 1. The lowest BCUT2D eigenvalue weighted by molar-refractivity contribution is -0.132. The first-order chi connectivity index (χ1) is 17.3. The Bertz CT molecular complexity index is 1390. The molecule has 1 fully saturated rings. The first kappa shape index (κ1) is 24.9. The van der Waals surface area contributed by atoms with Crippen LogP contribution in [0.25, 0.3) is 5.76 Å². The van der Waals surface area contributed by atoms with Crippen LogP contribution < -0.4 is 9.64 Å². The van der Waals surface area contributed by atoms with Gasteiger partial charge in [0.1, 0.15) is 23.0 Å². The Balaban J connectivity index is 1.87. The van der Waals surface area contributed by atoms with E-state index in [1.807, 2.05) is 13.0 Å². The van der Waals surface area contributed by atoms with Crippen LogP contribution in [0.3, 0.4) is 0 Å². The molecule has 0 saturated carbocycles. The van der Waals surface area contributed by atoms with Gasteiger partial charge in [-0.25, -0.2) is 9.78 Å². The number of nitrogens with zero attached hydrogens (tertiary/aromatic N) is 2. The summed E-state index contributed by atoms with van der Waals surface area (Å²) in [7, 11) is 1.54. The number of anilines is 1. The number of ether oxygens (including phenoxy) is 2. The maximum Gasteiger partial charge on any atom is 0.350 e. The van der Waals surface area contributed by atoms with Crippen LogP contribution in [0.2, 0.25) is 0 Å². The van der Waals surface area contributed by atoms with E-state index in [1.54, 1.807) is 56.5 Å². The van der Waals surface area contributed by atoms with Crippen molar-refractivity contribution >= 4 is 39.9 Å². The number of hydrogen-bond donors (Lipinski definition) is 1. The van der Waals surface area contributed by atoms with Crippen LogP contribution in [0, 0.1) is 13.8 Å². The molecule has 8 nitrogen and oxygen atoms in total. The van der Waals surface area contributed by atoms with Gasteiger partial charge in [0.15, 0.2) is 5.13 Å². The van der Waals surface area contributed by atoms with Crippen molar-refractivity contribution in [2.75, 3.05) is 18.6 Å². The number of methoxy groups -OCH3 is 1. The third kappa shape index (κ3) is 4.40. The molecule has 1 saturated heterocycles. The summed E-state index contributed by atoms with van der Waals surface area (Å²) in [6, 6.07) is 12.9. The normalized spacial score (nSPS) is 16.8. The molecule has 0 bridgehead atoms. The van der Waals surface area contributed by atoms with E-state index in [2.05, 4.69) is 11.6 Å². The molecule has 4 rings (SSSR count). The molecular weight excluding hydrogens is 480 g/mol. The minimum Gasteiger partial charge on any atom is -0.507 e. The smallest absolute Gasteiger partial charge is 0.350 e. The number of aliphatic hydroxyl groups is 1. The first-order valence-electron chi connectivity index (χ1n) is 11.0. The number of carbonyl (C=O) groups excluding carboxylic acids is 3. The number of benzene rings is 2. The summed E-state index contributed by atoms with van der Waals surface area (Å²) < 4.78 is 10.4. The van der Waals surface area contributed by atoms with Crippen LogP contribution in [-0.2, 0) is 14.3 Å². The highest BCUT2D eigenvalue weighted by molar-refractivity contribution is 7.17. The van der Waals surface area contributed by atoms with Crippen molar-refractivity contribution in [2.24, 2.45) is 0 Å². The SMILES string of the molecule is C=CCOC(=O)c1sc(N2C(=O)C(=O)C(=C(O)c3ccc(OC)c(C)c3)[C@@H]2c2ccccc2)nc1C. The van der Waals surface area contributed by atoms with Gasteiger partial charge in [-0.1, -0.05) is 54.3 Å². The molecule has 3 aromatic rings. The van der Waals surface area contributed by atoms with Crippen LogP contribution in [0.15, 0.2) is 66.8 Å². The van der Waals surface area contributed by atoms with E-state index in [0.717, 1.165) is 16.9 Å². The van der Waals surface area contributed by atoms with E-state index >= 15 is 0 Å². The zero-order chi connectivity index (χ0) is 26.0. The fourth-order valence-electron chi connectivity index (χ4n) is 4.04.